The van der Waals surface area contributed by atoms with Crippen LogP contribution < -0.4 is 14.8 Å². The van der Waals surface area contributed by atoms with Gasteiger partial charge in [0, 0.05) is 57.4 Å². The number of nitrogens with zero attached hydrogens (tertiary/aromatic N) is 4. The summed E-state index contributed by atoms with van der Waals surface area (Å²) in [6.07, 6.45) is 3.01. The molecule has 1 aromatic heterocycles. The highest BCUT2D eigenvalue weighted by Gasteiger charge is 2.25. The number of hydrogen-bond acceptors (Lipinski definition) is 7. The van der Waals surface area contributed by atoms with E-state index in [4.69, 9.17) is 19.2 Å². The number of imidazole rings is 1. The summed E-state index contributed by atoms with van der Waals surface area (Å²) in [4.78, 5) is 22.5. The van der Waals surface area contributed by atoms with Gasteiger partial charge in [0.1, 0.15) is 0 Å². The van der Waals surface area contributed by atoms with Crippen molar-refractivity contribution in [2.75, 3.05) is 66.0 Å². The van der Waals surface area contributed by atoms with E-state index in [-0.39, 0.29) is 11.8 Å². The Morgan fingerprint density at radius 1 is 0.978 bits per heavy atom. The number of fused-ring (bicyclic) bond motifs is 1. The lowest BCUT2D eigenvalue weighted by Gasteiger charge is -2.34. The molecule has 0 saturated carbocycles. The molecule has 1 N–H and O–H groups in total. The average molecular weight is 614 g/mol. The van der Waals surface area contributed by atoms with E-state index in [1.54, 1.807) is 14.2 Å². The molecule has 45 heavy (non-hydrogen) atoms. The fourth-order valence-corrected chi connectivity index (χ4v) is 6.22. The molecule has 0 radical (unpaired) electrons. The molecule has 1 atom stereocenters. The topological polar surface area (TPSA) is 81.1 Å². The van der Waals surface area contributed by atoms with Crippen molar-refractivity contribution in [3.63, 3.8) is 0 Å². The lowest BCUT2D eigenvalue weighted by molar-refractivity contribution is 0.0782. The Kier molecular flexibility index (Phi) is 11.3. The summed E-state index contributed by atoms with van der Waals surface area (Å²) in [5, 5.41) is 3.75. The molecule has 1 amide bonds. The van der Waals surface area contributed by atoms with E-state index in [2.05, 4.69) is 45.1 Å². The monoisotopic (exact) mass is 613 g/mol. The van der Waals surface area contributed by atoms with E-state index >= 15 is 0 Å². The van der Waals surface area contributed by atoms with Crippen molar-refractivity contribution in [1.82, 2.24) is 19.4 Å². The lowest BCUT2D eigenvalue weighted by Crippen LogP contribution is -2.40. The van der Waals surface area contributed by atoms with E-state index in [0.29, 0.717) is 42.9 Å². The fraction of sp³-hybridized carbons (Fsp3) is 0.444. The number of likely N-dealkylation sites (N-methyl/N-ethyl adjacent to an activating group) is 1. The Balaban J connectivity index is 1.22. The lowest BCUT2D eigenvalue weighted by atomic mass is 9.93. The molecule has 1 aliphatic heterocycles. The van der Waals surface area contributed by atoms with E-state index in [0.717, 1.165) is 68.0 Å². The van der Waals surface area contributed by atoms with Crippen LogP contribution in [0, 0.1) is 0 Å². The Labute approximate surface area is 267 Å². The van der Waals surface area contributed by atoms with E-state index in [1.165, 1.54) is 0 Å². The molecule has 1 unspecified atom stereocenters. The number of hydrogen-bond donors (Lipinski definition) is 1. The quantitative estimate of drug-likeness (QED) is 0.167. The first kappa shape index (κ1) is 32.3. The molecule has 5 rings (SSSR count). The van der Waals surface area contributed by atoms with Crippen LogP contribution in [0.3, 0.4) is 0 Å². The summed E-state index contributed by atoms with van der Waals surface area (Å²) in [6.45, 7) is 7.75. The van der Waals surface area contributed by atoms with Crippen molar-refractivity contribution in [3.05, 3.63) is 83.9 Å². The van der Waals surface area contributed by atoms with Gasteiger partial charge in [-0.15, -0.1) is 0 Å². The van der Waals surface area contributed by atoms with E-state index in [9.17, 15) is 4.79 Å². The summed E-state index contributed by atoms with van der Waals surface area (Å²) < 4.78 is 19.0. The summed E-state index contributed by atoms with van der Waals surface area (Å²) >= 11 is 0. The normalized spacial score (nSPS) is 14.8. The maximum Gasteiger partial charge on any atom is 0.253 e. The van der Waals surface area contributed by atoms with Gasteiger partial charge in [-0.25, -0.2) is 4.98 Å². The largest absolute Gasteiger partial charge is 0.493 e. The first-order chi connectivity index (χ1) is 22.0. The molecule has 0 aliphatic carbocycles. The van der Waals surface area contributed by atoms with Gasteiger partial charge in [-0.1, -0.05) is 36.4 Å². The van der Waals surface area contributed by atoms with Crippen molar-refractivity contribution in [3.8, 4) is 11.5 Å². The van der Waals surface area contributed by atoms with Gasteiger partial charge in [0.25, 0.3) is 5.91 Å². The molecule has 9 nitrogen and oxygen atoms in total. The minimum Gasteiger partial charge on any atom is -0.493 e. The smallest absolute Gasteiger partial charge is 0.253 e. The number of nitrogens with one attached hydrogen (secondary N) is 1. The van der Waals surface area contributed by atoms with Crippen molar-refractivity contribution < 1.29 is 19.0 Å². The molecule has 240 valence electrons. The number of carbonyl (C=O) groups is 1. The Hall–Kier alpha value is -4.08. The molecule has 0 spiro atoms. The van der Waals surface area contributed by atoms with Crippen molar-refractivity contribution in [2.24, 2.45) is 0 Å². The predicted octanol–water partition coefficient (Wildman–Crippen LogP) is 5.91. The summed E-state index contributed by atoms with van der Waals surface area (Å²) in [5.41, 5.74) is 3.98. The Morgan fingerprint density at radius 3 is 2.44 bits per heavy atom. The van der Waals surface area contributed by atoms with Gasteiger partial charge in [-0.3, -0.25) is 4.79 Å². The number of rotatable bonds is 15. The molecule has 1 saturated heterocycles. The minimum atomic E-state index is 0.0280. The minimum absolute atomic E-state index is 0.0280. The van der Waals surface area contributed by atoms with Crippen LogP contribution in [0.15, 0.2) is 72.8 Å². The van der Waals surface area contributed by atoms with Crippen LogP contribution in [0.5, 0.6) is 11.5 Å². The number of piperidine rings is 1. The van der Waals surface area contributed by atoms with Gasteiger partial charge in [-0.2, -0.15) is 0 Å². The van der Waals surface area contributed by atoms with Gasteiger partial charge in [-0.05, 0) is 74.7 Å². The zero-order valence-electron chi connectivity index (χ0n) is 27.1. The highest BCUT2D eigenvalue weighted by atomic mass is 16.5. The third-order valence-electron chi connectivity index (χ3n) is 8.77. The maximum atomic E-state index is 13.2. The maximum absolute atomic E-state index is 13.2. The third-order valence-corrected chi connectivity index (χ3v) is 8.77. The molecular weight excluding hydrogens is 566 g/mol. The Morgan fingerprint density at radius 2 is 1.71 bits per heavy atom. The number of methoxy groups -OCH3 is 2. The summed E-state index contributed by atoms with van der Waals surface area (Å²) in [7, 11) is 5.20. The number of benzene rings is 3. The second kappa shape index (κ2) is 15.8. The van der Waals surface area contributed by atoms with Gasteiger partial charge in [0.15, 0.2) is 11.5 Å². The van der Waals surface area contributed by atoms with E-state index < -0.39 is 0 Å². The molecule has 2 heterocycles. The summed E-state index contributed by atoms with van der Waals surface area (Å²) in [6, 6.07) is 24.3. The summed E-state index contributed by atoms with van der Waals surface area (Å²) in [5.74, 6) is 2.50. The van der Waals surface area contributed by atoms with Crippen LogP contribution >= 0.6 is 0 Å². The first-order valence-corrected chi connectivity index (χ1v) is 16.0. The predicted molar refractivity (Wildman–Crippen MR) is 180 cm³/mol. The van der Waals surface area contributed by atoms with Crippen molar-refractivity contribution in [2.45, 2.75) is 44.7 Å². The number of carbonyl (C=O) groups excluding carboxylic acids is 1. The number of para-hydroxylation sites is 2. The van der Waals surface area contributed by atoms with Crippen LogP contribution in [0.2, 0.25) is 0 Å². The van der Waals surface area contributed by atoms with Crippen molar-refractivity contribution in [1.29, 1.82) is 0 Å². The van der Waals surface area contributed by atoms with Crippen LogP contribution in [0.4, 0.5) is 5.95 Å². The van der Waals surface area contributed by atoms with Crippen LogP contribution in [0.1, 0.15) is 48.0 Å². The van der Waals surface area contributed by atoms with Gasteiger partial charge in [0.2, 0.25) is 5.95 Å². The first-order valence-electron chi connectivity index (χ1n) is 16.0. The van der Waals surface area contributed by atoms with Gasteiger partial charge < -0.3 is 33.9 Å². The molecule has 3 aromatic carbocycles. The van der Waals surface area contributed by atoms with E-state index in [1.807, 2.05) is 61.3 Å². The second-order valence-corrected chi connectivity index (χ2v) is 11.7. The number of aromatic nitrogens is 2. The molecular formula is C36H47N5O4. The number of likely N-dealkylation sites (tertiary alicyclic amines) is 1. The van der Waals surface area contributed by atoms with Gasteiger partial charge >= 0.3 is 0 Å². The Bertz CT molecular complexity index is 1520. The van der Waals surface area contributed by atoms with Crippen LogP contribution in [-0.2, 0) is 11.3 Å². The fourth-order valence-electron chi connectivity index (χ4n) is 6.22. The highest BCUT2D eigenvalue weighted by molar-refractivity contribution is 5.94. The molecule has 4 aromatic rings. The third kappa shape index (κ3) is 8.15. The average Bonchev–Trinajstić information content (AvgIpc) is 3.43. The zero-order chi connectivity index (χ0) is 31.6. The standard InChI is InChI=1S/C36H47N5O4/c1-5-45-24-23-41-32-14-10-9-13-31(32)38-36(41)37-30-18-21-40(22-19-30)20-17-29(28-15-16-33(43-3)34(25-28)44-4)26-39(2)35(42)27-11-7-6-8-12-27/h6-16,25,29-30H,5,17-24,26H2,1-4H3,(H,37,38). The number of amides is 1. The molecule has 9 heteroatoms. The van der Waals surface area contributed by atoms with Crippen LogP contribution in [-0.4, -0.2) is 92.0 Å². The molecule has 0 bridgehead atoms. The van der Waals surface area contributed by atoms with Crippen molar-refractivity contribution >= 4 is 22.9 Å². The van der Waals surface area contributed by atoms with Crippen LogP contribution in [0.25, 0.3) is 11.0 Å². The zero-order valence-corrected chi connectivity index (χ0v) is 27.1. The SMILES string of the molecule is CCOCCn1c(NC2CCN(CCC(CN(C)C(=O)c3ccccc3)c3ccc(OC)c(OC)c3)CC2)nc2ccccc21. The molecule has 1 aliphatic rings. The van der Waals surface area contributed by atoms with Gasteiger partial charge in [0.05, 0.1) is 31.9 Å². The molecule has 1 fully saturated rings. The number of ether oxygens (including phenoxy) is 3. The number of anilines is 1. The second-order valence-electron chi connectivity index (χ2n) is 11.7. The highest BCUT2D eigenvalue weighted by Crippen LogP contribution is 2.33.